The van der Waals surface area contributed by atoms with Gasteiger partial charge < -0.3 is 15.3 Å². The van der Waals surface area contributed by atoms with Gasteiger partial charge in [0.25, 0.3) is 0 Å². The molecular weight excluding hydrogens is 216 g/mol. The molecule has 88 valence electrons. The number of phenols is 3. The lowest BCUT2D eigenvalue weighted by molar-refractivity contribution is 0.450. The van der Waals surface area contributed by atoms with E-state index >= 15 is 0 Å². The molecule has 2 aromatic carbocycles. The van der Waals surface area contributed by atoms with Crippen molar-refractivity contribution in [2.75, 3.05) is 0 Å². The third kappa shape index (κ3) is 1.91. The normalized spacial score (nSPS) is 10.5. The van der Waals surface area contributed by atoms with Gasteiger partial charge in [-0.2, -0.15) is 0 Å². The van der Waals surface area contributed by atoms with E-state index in [0.717, 1.165) is 11.1 Å². The molecule has 0 aromatic heterocycles. The summed E-state index contributed by atoms with van der Waals surface area (Å²) in [7, 11) is 0. The standard InChI is InChI=1S/C14H14O3/c1-8-6-10(13(17)7-9(8)2)14-11(15)4-3-5-12(14)16/h3-7,15-17H,1-2H3. The smallest absolute Gasteiger partial charge is 0.127 e. The fourth-order valence-corrected chi connectivity index (χ4v) is 1.81. The third-order valence-electron chi connectivity index (χ3n) is 2.90. The van der Waals surface area contributed by atoms with Crippen LogP contribution in [0.2, 0.25) is 0 Å². The van der Waals surface area contributed by atoms with E-state index in [1.54, 1.807) is 18.2 Å². The maximum absolute atomic E-state index is 9.90. The summed E-state index contributed by atoms with van der Waals surface area (Å²) in [6.07, 6.45) is 0. The highest BCUT2D eigenvalue weighted by molar-refractivity contribution is 5.81. The Morgan fingerprint density at radius 2 is 1.29 bits per heavy atom. The van der Waals surface area contributed by atoms with Crippen molar-refractivity contribution in [2.24, 2.45) is 0 Å². The van der Waals surface area contributed by atoms with Gasteiger partial charge in [0.1, 0.15) is 17.2 Å². The summed E-state index contributed by atoms with van der Waals surface area (Å²) >= 11 is 0. The largest absolute Gasteiger partial charge is 0.507 e. The lowest BCUT2D eigenvalue weighted by atomic mass is 9.98. The summed E-state index contributed by atoms with van der Waals surface area (Å²) < 4.78 is 0. The number of rotatable bonds is 1. The minimum atomic E-state index is -0.0523. The Balaban J connectivity index is 2.73. The van der Waals surface area contributed by atoms with Gasteiger partial charge in [-0.25, -0.2) is 0 Å². The molecule has 3 nitrogen and oxygen atoms in total. The Labute approximate surface area is 99.6 Å². The van der Waals surface area contributed by atoms with Crippen molar-refractivity contribution in [3.8, 4) is 28.4 Å². The fourth-order valence-electron chi connectivity index (χ4n) is 1.81. The summed E-state index contributed by atoms with van der Waals surface area (Å²) in [5, 5.41) is 29.4. The van der Waals surface area contributed by atoms with Gasteiger partial charge in [-0.15, -0.1) is 0 Å². The molecule has 0 aliphatic heterocycles. The van der Waals surface area contributed by atoms with E-state index in [9.17, 15) is 15.3 Å². The van der Waals surface area contributed by atoms with E-state index in [-0.39, 0.29) is 22.8 Å². The molecule has 0 saturated heterocycles. The SMILES string of the molecule is Cc1cc(O)c(-c2c(O)cccc2O)cc1C. The molecule has 0 spiro atoms. The highest BCUT2D eigenvalue weighted by Crippen LogP contribution is 2.42. The van der Waals surface area contributed by atoms with Gasteiger partial charge in [0.15, 0.2) is 0 Å². The lowest BCUT2D eigenvalue weighted by Crippen LogP contribution is -1.86. The molecule has 0 saturated carbocycles. The van der Waals surface area contributed by atoms with Crippen LogP contribution in [-0.4, -0.2) is 15.3 Å². The maximum atomic E-state index is 9.90. The third-order valence-corrected chi connectivity index (χ3v) is 2.90. The van der Waals surface area contributed by atoms with Crippen LogP contribution in [0.5, 0.6) is 17.2 Å². The van der Waals surface area contributed by atoms with Crippen molar-refractivity contribution in [1.82, 2.24) is 0 Å². The van der Waals surface area contributed by atoms with Crippen LogP contribution in [0.15, 0.2) is 30.3 Å². The van der Waals surface area contributed by atoms with Gasteiger partial charge in [0.2, 0.25) is 0 Å². The second-order valence-corrected chi connectivity index (χ2v) is 4.12. The Morgan fingerprint density at radius 1 is 0.765 bits per heavy atom. The molecule has 0 bridgehead atoms. The van der Waals surface area contributed by atoms with Crippen LogP contribution in [0.4, 0.5) is 0 Å². The molecule has 3 N–H and O–H groups in total. The van der Waals surface area contributed by atoms with Crippen molar-refractivity contribution < 1.29 is 15.3 Å². The molecule has 0 radical (unpaired) electrons. The summed E-state index contributed by atoms with van der Waals surface area (Å²) in [5.41, 5.74) is 2.64. The van der Waals surface area contributed by atoms with Crippen LogP contribution < -0.4 is 0 Å². The Morgan fingerprint density at radius 3 is 1.88 bits per heavy atom. The average Bonchev–Trinajstić information content (AvgIpc) is 2.25. The second kappa shape index (κ2) is 4.01. The van der Waals surface area contributed by atoms with Gasteiger partial charge in [-0.3, -0.25) is 0 Å². The van der Waals surface area contributed by atoms with E-state index in [1.807, 2.05) is 13.8 Å². The first-order chi connectivity index (χ1) is 8.00. The van der Waals surface area contributed by atoms with Crippen molar-refractivity contribution in [3.63, 3.8) is 0 Å². The van der Waals surface area contributed by atoms with Crippen LogP contribution in [0.25, 0.3) is 11.1 Å². The molecule has 0 atom stereocenters. The van der Waals surface area contributed by atoms with Crippen molar-refractivity contribution in [1.29, 1.82) is 0 Å². The number of benzene rings is 2. The average molecular weight is 230 g/mol. The zero-order chi connectivity index (χ0) is 12.6. The van der Waals surface area contributed by atoms with Crippen LogP contribution in [0.3, 0.4) is 0 Å². The van der Waals surface area contributed by atoms with Crippen molar-refractivity contribution in [3.05, 3.63) is 41.5 Å². The topological polar surface area (TPSA) is 60.7 Å². The van der Waals surface area contributed by atoms with E-state index in [4.69, 9.17) is 0 Å². The molecule has 3 heteroatoms. The Hall–Kier alpha value is -2.16. The van der Waals surface area contributed by atoms with Crippen LogP contribution in [0, 0.1) is 13.8 Å². The quantitative estimate of drug-likeness (QED) is 0.705. The molecule has 0 fully saturated rings. The molecule has 0 heterocycles. The molecule has 0 unspecified atom stereocenters. The van der Waals surface area contributed by atoms with Crippen molar-refractivity contribution >= 4 is 0 Å². The molecule has 2 aromatic rings. The highest BCUT2D eigenvalue weighted by atomic mass is 16.3. The van der Waals surface area contributed by atoms with Gasteiger partial charge in [-0.1, -0.05) is 6.07 Å². The summed E-state index contributed by atoms with van der Waals surface area (Å²) in [5.74, 6) is -0.0583. The highest BCUT2D eigenvalue weighted by Gasteiger charge is 2.14. The van der Waals surface area contributed by atoms with E-state index in [1.165, 1.54) is 12.1 Å². The second-order valence-electron chi connectivity index (χ2n) is 4.12. The van der Waals surface area contributed by atoms with Gasteiger partial charge in [0.05, 0.1) is 5.56 Å². The van der Waals surface area contributed by atoms with E-state index in [2.05, 4.69) is 0 Å². The Bertz CT molecular complexity index is 554. The zero-order valence-electron chi connectivity index (χ0n) is 9.73. The minimum Gasteiger partial charge on any atom is -0.507 e. The zero-order valence-corrected chi connectivity index (χ0v) is 9.73. The number of phenolic OH excluding ortho intramolecular Hbond substituents is 3. The monoisotopic (exact) mass is 230 g/mol. The van der Waals surface area contributed by atoms with Gasteiger partial charge in [-0.05, 0) is 49.2 Å². The lowest BCUT2D eigenvalue weighted by Gasteiger charge is -2.11. The molecule has 0 aliphatic carbocycles. The van der Waals surface area contributed by atoms with Crippen LogP contribution in [-0.2, 0) is 0 Å². The summed E-state index contributed by atoms with van der Waals surface area (Å²) in [6, 6.07) is 7.87. The molecule has 0 amide bonds. The molecule has 17 heavy (non-hydrogen) atoms. The van der Waals surface area contributed by atoms with Gasteiger partial charge in [0, 0.05) is 5.56 Å². The first kappa shape index (κ1) is 11.3. The summed E-state index contributed by atoms with van der Waals surface area (Å²) in [6.45, 7) is 3.80. The molecule has 2 rings (SSSR count). The summed E-state index contributed by atoms with van der Waals surface area (Å²) in [4.78, 5) is 0. The molecule has 0 aliphatic rings. The fraction of sp³-hybridized carbons (Fsp3) is 0.143. The van der Waals surface area contributed by atoms with Gasteiger partial charge >= 0.3 is 0 Å². The number of hydrogen-bond donors (Lipinski definition) is 3. The van der Waals surface area contributed by atoms with Crippen LogP contribution >= 0.6 is 0 Å². The predicted octanol–water partition coefficient (Wildman–Crippen LogP) is 3.09. The Kier molecular flexibility index (Phi) is 2.68. The number of hydrogen-bond acceptors (Lipinski definition) is 3. The maximum Gasteiger partial charge on any atom is 0.127 e. The number of aryl methyl sites for hydroxylation is 2. The minimum absolute atomic E-state index is 0.0462. The number of aromatic hydroxyl groups is 3. The van der Waals surface area contributed by atoms with Crippen LogP contribution in [0.1, 0.15) is 11.1 Å². The predicted molar refractivity (Wildman–Crippen MR) is 66.3 cm³/mol. The first-order valence-corrected chi connectivity index (χ1v) is 5.32. The van der Waals surface area contributed by atoms with E-state index < -0.39 is 0 Å². The molecular formula is C14H14O3. The van der Waals surface area contributed by atoms with E-state index in [0.29, 0.717) is 5.56 Å². The van der Waals surface area contributed by atoms with Crippen molar-refractivity contribution in [2.45, 2.75) is 13.8 Å². The first-order valence-electron chi connectivity index (χ1n) is 5.32.